The van der Waals surface area contributed by atoms with E-state index in [1.165, 1.54) is 0 Å². The SMILES string of the molecule is CC(C)(C)OC(=O)N1CCC[C@H](OC(=O)N[C@@H](Cc2coc3ccccc23)B2O[C@@H]3C[C@@H]4C[C@@H](C4(C)C)[C@]3(C)O2)C1. The normalized spacial score (nSPS) is 31.3. The van der Waals surface area contributed by atoms with Crippen molar-refractivity contribution < 1.29 is 32.8 Å². The van der Waals surface area contributed by atoms with Gasteiger partial charge in [-0.2, -0.15) is 0 Å². The summed E-state index contributed by atoms with van der Waals surface area (Å²) in [5.74, 6) is 0.547. The van der Waals surface area contributed by atoms with Crippen LogP contribution in [0.5, 0.6) is 0 Å². The molecule has 1 aromatic heterocycles. The van der Waals surface area contributed by atoms with Crippen molar-refractivity contribution in [1.29, 1.82) is 0 Å². The fourth-order valence-corrected chi connectivity index (χ4v) is 7.58. The molecule has 2 aliphatic heterocycles. The summed E-state index contributed by atoms with van der Waals surface area (Å²) in [4.78, 5) is 27.6. The topological polar surface area (TPSA) is 99.5 Å². The van der Waals surface area contributed by atoms with E-state index < -0.39 is 36.5 Å². The maximum Gasteiger partial charge on any atom is 0.482 e. The second-order valence-corrected chi connectivity index (χ2v) is 14.1. The number of hydrogen-bond acceptors (Lipinski definition) is 7. The lowest BCUT2D eigenvalue weighted by molar-refractivity contribution is -0.199. The second-order valence-electron chi connectivity index (χ2n) is 14.1. The van der Waals surface area contributed by atoms with E-state index in [9.17, 15) is 9.59 Å². The zero-order valence-electron chi connectivity index (χ0n) is 25.1. The number of furan rings is 1. The molecule has 3 aliphatic carbocycles. The molecule has 5 aliphatic rings. The van der Waals surface area contributed by atoms with Crippen LogP contribution in [0.2, 0.25) is 0 Å². The number of carbonyl (C=O) groups is 2. The molecule has 2 aromatic rings. The van der Waals surface area contributed by atoms with Gasteiger partial charge in [-0.3, -0.25) is 0 Å². The molecule has 1 N–H and O–H groups in total. The Kier molecular flexibility index (Phi) is 7.09. The van der Waals surface area contributed by atoms with Crippen LogP contribution in [0.15, 0.2) is 34.9 Å². The molecule has 2 bridgehead atoms. The molecule has 2 saturated heterocycles. The number of amides is 2. The van der Waals surface area contributed by atoms with Gasteiger partial charge in [0.1, 0.15) is 17.3 Å². The van der Waals surface area contributed by atoms with E-state index >= 15 is 0 Å². The van der Waals surface area contributed by atoms with Gasteiger partial charge < -0.3 is 33.4 Å². The van der Waals surface area contributed by atoms with E-state index in [1.807, 2.05) is 45.0 Å². The highest BCUT2D eigenvalue weighted by Crippen LogP contribution is 2.65. The molecular weight excluding hydrogens is 523 g/mol. The molecular formula is C31H43BN2O7. The summed E-state index contributed by atoms with van der Waals surface area (Å²) in [5.41, 5.74) is 0.994. The van der Waals surface area contributed by atoms with Crippen LogP contribution < -0.4 is 5.32 Å². The third kappa shape index (κ3) is 5.33. The summed E-state index contributed by atoms with van der Waals surface area (Å²) in [6.07, 6.45) is 4.37. The van der Waals surface area contributed by atoms with E-state index in [4.69, 9.17) is 23.2 Å². The number of para-hydroxylation sites is 1. The van der Waals surface area contributed by atoms with Gasteiger partial charge in [-0.15, -0.1) is 0 Å². The van der Waals surface area contributed by atoms with Gasteiger partial charge in [-0.1, -0.05) is 32.0 Å². The monoisotopic (exact) mass is 566 g/mol. The second kappa shape index (κ2) is 10.2. The first-order valence-electron chi connectivity index (χ1n) is 15.1. The number of rotatable bonds is 5. The Balaban J connectivity index is 1.17. The minimum Gasteiger partial charge on any atom is -0.464 e. The molecule has 1 aromatic carbocycles. The molecule has 2 amide bonds. The minimum atomic E-state index is -0.619. The van der Waals surface area contributed by atoms with Gasteiger partial charge in [-0.25, -0.2) is 9.59 Å². The Morgan fingerprint density at radius 1 is 1.20 bits per heavy atom. The highest BCUT2D eigenvalue weighted by atomic mass is 16.7. The van der Waals surface area contributed by atoms with Gasteiger partial charge in [0.25, 0.3) is 0 Å². The fourth-order valence-electron chi connectivity index (χ4n) is 7.58. The summed E-state index contributed by atoms with van der Waals surface area (Å²) in [6, 6.07) is 7.87. The fraction of sp³-hybridized carbons (Fsp3) is 0.677. The van der Waals surface area contributed by atoms with Crippen LogP contribution in [-0.2, 0) is 25.2 Å². The van der Waals surface area contributed by atoms with Crippen molar-refractivity contribution in [3.8, 4) is 0 Å². The van der Waals surface area contributed by atoms with Crippen LogP contribution in [0.25, 0.3) is 11.0 Å². The minimum absolute atomic E-state index is 0.00794. The lowest BCUT2D eigenvalue weighted by Gasteiger charge is -2.64. The molecule has 10 heteroatoms. The highest BCUT2D eigenvalue weighted by Gasteiger charge is 2.68. The number of benzene rings is 1. The van der Waals surface area contributed by atoms with E-state index in [2.05, 4.69) is 26.1 Å². The number of nitrogens with zero attached hydrogens (tertiary/aromatic N) is 1. The third-order valence-corrected chi connectivity index (χ3v) is 9.91. The van der Waals surface area contributed by atoms with Crippen LogP contribution in [-0.4, -0.2) is 66.6 Å². The van der Waals surface area contributed by atoms with E-state index in [-0.39, 0.29) is 17.6 Å². The van der Waals surface area contributed by atoms with Crippen molar-refractivity contribution in [3.05, 3.63) is 36.1 Å². The molecule has 222 valence electrons. The Bertz CT molecular complexity index is 1300. The summed E-state index contributed by atoms with van der Waals surface area (Å²) >= 11 is 0. The Morgan fingerprint density at radius 2 is 1.98 bits per heavy atom. The Hall–Kier alpha value is -2.72. The number of likely N-dealkylation sites (tertiary alicyclic amines) is 1. The third-order valence-electron chi connectivity index (χ3n) is 9.91. The number of fused-ring (bicyclic) bond motifs is 1. The molecule has 0 radical (unpaired) electrons. The van der Waals surface area contributed by atoms with Gasteiger partial charge in [0.15, 0.2) is 0 Å². The molecule has 41 heavy (non-hydrogen) atoms. The van der Waals surface area contributed by atoms with Crippen LogP contribution >= 0.6 is 0 Å². The molecule has 5 fully saturated rings. The first-order valence-corrected chi connectivity index (χ1v) is 15.1. The zero-order valence-corrected chi connectivity index (χ0v) is 25.1. The van der Waals surface area contributed by atoms with Gasteiger partial charge in [0.05, 0.1) is 30.5 Å². The van der Waals surface area contributed by atoms with Crippen molar-refractivity contribution in [2.45, 2.75) is 103 Å². The summed E-state index contributed by atoms with van der Waals surface area (Å²) in [5, 5.41) is 4.08. The molecule has 6 atom stereocenters. The first-order chi connectivity index (χ1) is 19.3. The molecule has 0 spiro atoms. The van der Waals surface area contributed by atoms with Gasteiger partial charge in [0, 0.05) is 11.9 Å². The van der Waals surface area contributed by atoms with Gasteiger partial charge in [-0.05, 0) is 88.7 Å². The maximum atomic E-state index is 13.3. The predicted octanol–water partition coefficient (Wildman–Crippen LogP) is 5.74. The number of ether oxygens (including phenoxy) is 2. The van der Waals surface area contributed by atoms with Crippen molar-refractivity contribution >= 4 is 30.3 Å². The van der Waals surface area contributed by atoms with E-state index in [1.54, 1.807) is 11.2 Å². The van der Waals surface area contributed by atoms with Gasteiger partial charge >= 0.3 is 19.3 Å². The molecule has 0 unspecified atom stereocenters. The maximum absolute atomic E-state index is 13.3. The molecule has 3 saturated carbocycles. The Labute approximate surface area is 242 Å². The standard InChI is InChI=1S/C31H43BN2O7/c1-29(2,3)39-28(36)34-13-9-10-21(17-34)38-27(35)33-26(14-19-18-37-23-12-8-7-11-22(19)23)32-40-25-16-20-15-24(30(20,4)5)31(25,6)41-32/h7-8,11-12,18,20-21,24-26H,9-10,13-17H2,1-6H3,(H,33,35)/t20-,21-,24-,25+,26-,31-/m0/s1. The predicted molar refractivity (Wildman–Crippen MR) is 154 cm³/mol. The van der Waals surface area contributed by atoms with Crippen molar-refractivity contribution in [2.24, 2.45) is 17.3 Å². The summed E-state index contributed by atoms with van der Waals surface area (Å²) < 4.78 is 30.5. The van der Waals surface area contributed by atoms with Crippen molar-refractivity contribution in [2.75, 3.05) is 13.1 Å². The molecule has 7 rings (SSSR count). The quantitative estimate of drug-likeness (QED) is 0.461. The average Bonchev–Trinajstić information content (AvgIpc) is 3.47. The lowest BCUT2D eigenvalue weighted by Crippen LogP contribution is -2.65. The van der Waals surface area contributed by atoms with Crippen LogP contribution in [0.1, 0.15) is 72.8 Å². The molecule has 9 nitrogen and oxygen atoms in total. The number of nitrogens with one attached hydrogen (secondary N) is 1. The lowest BCUT2D eigenvalue weighted by atomic mass is 9.43. The number of alkyl carbamates (subject to hydrolysis) is 1. The number of carbonyl (C=O) groups excluding carboxylic acids is 2. The molecule has 3 heterocycles. The average molecular weight is 567 g/mol. The van der Waals surface area contributed by atoms with Crippen LogP contribution in [0, 0.1) is 17.3 Å². The smallest absolute Gasteiger partial charge is 0.464 e. The largest absolute Gasteiger partial charge is 0.482 e. The van der Waals surface area contributed by atoms with E-state index in [0.717, 1.165) is 35.8 Å². The Morgan fingerprint density at radius 3 is 2.73 bits per heavy atom. The summed E-state index contributed by atoms with van der Waals surface area (Å²) in [7, 11) is -0.619. The summed E-state index contributed by atoms with van der Waals surface area (Å²) in [6.45, 7) is 13.2. The highest BCUT2D eigenvalue weighted by molar-refractivity contribution is 6.48. The van der Waals surface area contributed by atoms with Gasteiger partial charge in [0.2, 0.25) is 0 Å². The van der Waals surface area contributed by atoms with Crippen molar-refractivity contribution in [3.63, 3.8) is 0 Å². The zero-order chi connectivity index (χ0) is 29.2. The van der Waals surface area contributed by atoms with E-state index in [0.29, 0.717) is 37.8 Å². The van der Waals surface area contributed by atoms with Crippen LogP contribution in [0.3, 0.4) is 0 Å². The first kappa shape index (κ1) is 28.4. The van der Waals surface area contributed by atoms with Crippen molar-refractivity contribution in [1.82, 2.24) is 10.2 Å². The number of hydrogen-bond donors (Lipinski definition) is 1. The number of piperidine rings is 1. The van der Waals surface area contributed by atoms with Crippen LogP contribution in [0.4, 0.5) is 9.59 Å².